The predicted molar refractivity (Wildman–Crippen MR) is 92.0 cm³/mol. The third-order valence-corrected chi connectivity index (χ3v) is 4.89. The van der Waals surface area contributed by atoms with E-state index < -0.39 is 0 Å². The van der Waals surface area contributed by atoms with Gasteiger partial charge in [0.2, 0.25) is 0 Å². The van der Waals surface area contributed by atoms with Gasteiger partial charge in [-0.3, -0.25) is 4.98 Å². The number of nitrogens with one attached hydrogen (secondary N) is 1. The first kappa shape index (κ1) is 13.9. The first-order valence-corrected chi connectivity index (χ1v) is 7.81. The van der Waals surface area contributed by atoms with E-state index in [0.717, 1.165) is 34.4 Å². The summed E-state index contributed by atoms with van der Waals surface area (Å²) in [7, 11) is 0. The van der Waals surface area contributed by atoms with Gasteiger partial charge in [0.1, 0.15) is 0 Å². The maximum atomic E-state index is 6.04. The highest BCUT2D eigenvalue weighted by molar-refractivity contribution is 7.12. The lowest BCUT2D eigenvalue weighted by atomic mass is 10.1. The van der Waals surface area contributed by atoms with Crippen LogP contribution >= 0.6 is 11.3 Å². The van der Waals surface area contributed by atoms with E-state index in [1.54, 1.807) is 0 Å². The van der Waals surface area contributed by atoms with Crippen molar-refractivity contribution < 1.29 is 0 Å². The molecule has 0 atom stereocenters. The summed E-state index contributed by atoms with van der Waals surface area (Å²) in [4.78, 5) is 7.07. The molecule has 0 aliphatic rings. The van der Waals surface area contributed by atoms with Crippen molar-refractivity contribution in [2.75, 3.05) is 11.1 Å². The lowest BCUT2D eigenvalue weighted by molar-refractivity contribution is 1.19. The number of hydrogen-bond donors (Lipinski definition) is 2. The number of rotatable bonds is 3. The zero-order valence-corrected chi connectivity index (χ0v) is 13.3. The highest BCUT2D eigenvalue weighted by Crippen LogP contribution is 2.29. The second-order valence-corrected chi connectivity index (χ2v) is 6.72. The van der Waals surface area contributed by atoms with E-state index in [1.807, 2.05) is 36.6 Å². The van der Waals surface area contributed by atoms with Crippen LogP contribution in [0.1, 0.15) is 21.0 Å². The van der Waals surface area contributed by atoms with Crippen molar-refractivity contribution in [1.29, 1.82) is 0 Å². The Morgan fingerprint density at radius 2 is 1.95 bits per heavy atom. The minimum atomic E-state index is 0.769. The molecule has 0 amide bonds. The van der Waals surface area contributed by atoms with Crippen LogP contribution in [0.5, 0.6) is 0 Å². The maximum absolute atomic E-state index is 6.04. The number of benzene rings is 1. The van der Waals surface area contributed by atoms with Crippen LogP contribution in [0.15, 0.2) is 30.5 Å². The average molecular weight is 297 g/mol. The molecule has 3 nitrogen and oxygen atoms in total. The van der Waals surface area contributed by atoms with Crippen molar-refractivity contribution in [2.24, 2.45) is 0 Å². The molecule has 0 saturated heterocycles. The second kappa shape index (κ2) is 5.37. The van der Waals surface area contributed by atoms with E-state index in [1.165, 1.54) is 15.3 Å². The molecule has 3 rings (SSSR count). The fourth-order valence-corrected chi connectivity index (χ4v) is 3.43. The Balaban J connectivity index is 1.93. The third kappa shape index (κ3) is 2.72. The monoisotopic (exact) mass is 297 g/mol. The Labute approximate surface area is 128 Å². The van der Waals surface area contributed by atoms with Gasteiger partial charge in [0.25, 0.3) is 0 Å². The molecule has 0 bridgehead atoms. The Kier molecular flexibility index (Phi) is 3.55. The summed E-state index contributed by atoms with van der Waals surface area (Å²) in [6.45, 7) is 7.15. The van der Waals surface area contributed by atoms with Crippen LogP contribution in [0.2, 0.25) is 0 Å². The molecular weight excluding hydrogens is 278 g/mol. The van der Waals surface area contributed by atoms with E-state index in [2.05, 4.69) is 36.3 Å². The summed E-state index contributed by atoms with van der Waals surface area (Å²) < 4.78 is 0. The van der Waals surface area contributed by atoms with E-state index in [9.17, 15) is 0 Å². The van der Waals surface area contributed by atoms with E-state index in [-0.39, 0.29) is 0 Å². The Bertz CT molecular complexity index is 786. The van der Waals surface area contributed by atoms with Crippen LogP contribution in [-0.4, -0.2) is 4.98 Å². The quantitative estimate of drug-likeness (QED) is 0.704. The van der Waals surface area contributed by atoms with Crippen LogP contribution in [0.3, 0.4) is 0 Å². The van der Waals surface area contributed by atoms with Crippen LogP contribution < -0.4 is 11.1 Å². The second-order valence-electron chi connectivity index (χ2n) is 5.38. The fraction of sp³-hybridized carbons (Fsp3) is 0.235. The van der Waals surface area contributed by atoms with Gasteiger partial charge in [-0.05, 0) is 50.6 Å². The number of anilines is 2. The van der Waals surface area contributed by atoms with E-state index in [0.29, 0.717) is 0 Å². The largest absolute Gasteiger partial charge is 0.398 e. The summed E-state index contributed by atoms with van der Waals surface area (Å²) in [5, 5.41) is 5.66. The Morgan fingerprint density at radius 1 is 1.14 bits per heavy atom. The van der Waals surface area contributed by atoms with Crippen molar-refractivity contribution >= 4 is 33.5 Å². The molecule has 4 heteroatoms. The predicted octanol–water partition coefficient (Wildman–Crippen LogP) is 4.42. The zero-order valence-electron chi connectivity index (χ0n) is 12.5. The highest BCUT2D eigenvalue weighted by atomic mass is 32.1. The molecule has 3 N–H and O–H groups in total. The molecule has 108 valence electrons. The number of thiophene rings is 1. The van der Waals surface area contributed by atoms with Crippen LogP contribution in [-0.2, 0) is 6.54 Å². The van der Waals surface area contributed by atoms with Crippen molar-refractivity contribution in [2.45, 2.75) is 27.3 Å². The number of aromatic nitrogens is 1. The minimum absolute atomic E-state index is 0.769. The zero-order chi connectivity index (χ0) is 15.0. The summed E-state index contributed by atoms with van der Waals surface area (Å²) in [6, 6.07) is 8.31. The molecule has 0 aliphatic carbocycles. The fourth-order valence-electron chi connectivity index (χ4n) is 2.44. The van der Waals surface area contributed by atoms with Gasteiger partial charge in [0, 0.05) is 50.3 Å². The highest BCUT2D eigenvalue weighted by Gasteiger charge is 2.06. The number of nitrogens with two attached hydrogens (primary N) is 1. The number of nitrogen functional groups attached to an aromatic ring is 1. The number of aryl methyl sites for hydroxylation is 3. The summed E-state index contributed by atoms with van der Waals surface area (Å²) in [5.41, 5.74) is 10.3. The first-order chi connectivity index (χ1) is 10.0. The number of nitrogens with zero attached hydrogens (tertiary/aromatic N) is 1. The Hall–Kier alpha value is -2.07. The van der Waals surface area contributed by atoms with Gasteiger partial charge in [0.15, 0.2) is 0 Å². The molecule has 0 spiro atoms. The smallest absolute Gasteiger partial charge is 0.0494 e. The molecule has 2 heterocycles. The average Bonchev–Trinajstić information content (AvgIpc) is 2.77. The van der Waals surface area contributed by atoms with Crippen LogP contribution in [0, 0.1) is 20.8 Å². The SMILES string of the molecule is Cc1cc2c(NCc3cc(C)c(C)s3)ccc(N)c2cn1. The molecule has 0 aliphatic heterocycles. The number of fused-ring (bicyclic) bond motifs is 1. The molecule has 0 unspecified atom stereocenters. The topological polar surface area (TPSA) is 50.9 Å². The summed E-state index contributed by atoms with van der Waals surface area (Å²) in [5.74, 6) is 0. The minimum Gasteiger partial charge on any atom is -0.398 e. The Morgan fingerprint density at radius 3 is 2.67 bits per heavy atom. The van der Waals surface area contributed by atoms with Crippen LogP contribution in [0.25, 0.3) is 10.8 Å². The molecule has 0 saturated carbocycles. The molecule has 2 aromatic heterocycles. The molecular formula is C17H19N3S. The van der Waals surface area contributed by atoms with Gasteiger partial charge in [0.05, 0.1) is 0 Å². The van der Waals surface area contributed by atoms with Gasteiger partial charge in [-0.25, -0.2) is 0 Å². The van der Waals surface area contributed by atoms with Crippen LogP contribution in [0.4, 0.5) is 11.4 Å². The first-order valence-electron chi connectivity index (χ1n) is 6.99. The molecule has 0 fully saturated rings. The standard InChI is InChI=1S/C17H19N3S/c1-10-6-13(21-12(10)3)8-20-17-5-4-16(18)15-9-19-11(2)7-14(15)17/h4-7,9,20H,8,18H2,1-3H3. The van der Waals surface area contributed by atoms with Crippen molar-refractivity contribution in [3.05, 3.63) is 51.5 Å². The summed E-state index contributed by atoms with van der Waals surface area (Å²) in [6.07, 6.45) is 1.85. The van der Waals surface area contributed by atoms with Gasteiger partial charge >= 0.3 is 0 Å². The molecule has 0 radical (unpaired) electrons. The van der Waals surface area contributed by atoms with Crippen molar-refractivity contribution in [1.82, 2.24) is 4.98 Å². The third-order valence-electron chi connectivity index (χ3n) is 3.74. The maximum Gasteiger partial charge on any atom is 0.0494 e. The van der Waals surface area contributed by atoms with E-state index in [4.69, 9.17) is 5.73 Å². The molecule has 3 aromatic rings. The van der Waals surface area contributed by atoms with Crippen molar-refractivity contribution in [3.8, 4) is 0 Å². The van der Waals surface area contributed by atoms with Gasteiger partial charge in [-0.2, -0.15) is 0 Å². The van der Waals surface area contributed by atoms with E-state index >= 15 is 0 Å². The number of hydrogen-bond acceptors (Lipinski definition) is 4. The molecule has 21 heavy (non-hydrogen) atoms. The normalized spacial score (nSPS) is 11.0. The lowest BCUT2D eigenvalue weighted by Crippen LogP contribution is -2.00. The van der Waals surface area contributed by atoms with Gasteiger partial charge in [-0.1, -0.05) is 0 Å². The summed E-state index contributed by atoms with van der Waals surface area (Å²) >= 11 is 1.85. The van der Waals surface area contributed by atoms with Crippen molar-refractivity contribution in [3.63, 3.8) is 0 Å². The lowest BCUT2D eigenvalue weighted by Gasteiger charge is -2.11. The van der Waals surface area contributed by atoms with Gasteiger partial charge in [-0.15, -0.1) is 11.3 Å². The molecule has 1 aromatic carbocycles. The number of pyridine rings is 1. The van der Waals surface area contributed by atoms with Gasteiger partial charge < -0.3 is 11.1 Å².